The topological polar surface area (TPSA) is 12.0 Å². The highest BCUT2D eigenvalue weighted by Crippen LogP contribution is 2.19. The van der Waals surface area contributed by atoms with Crippen LogP contribution in [0.4, 0.5) is 0 Å². The quantitative estimate of drug-likeness (QED) is 0.722. The number of aryl methyl sites for hydroxylation is 1. The van der Waals surface area contributed by atoms with Gasteiger partial charge in [-0.15, -0.1) is 11.8 Å². The number of nitrogens with one attached hydrogen (secondary N) is 1. The van der Waals surface area contributed by atoms with Crippen LogP contribution in [0.1, 0.15) is 18.9 Å². The molecule has 2 aromatic rings. The first-order valence-corrected chi connectivity index (χ1v) is 8.32. The Hall–Kier alpha value is -1.25. The summed E-state index contributed by atoms with van der Waals surface area (Å²) < 4.78 is 0. The van der Waals surface area contributed by atoms with E-state index in [0.29, 0.717) is 6.04 Å². The molecule has 1 unspecified atom stereocenters. The minimum absolute atomic E-state index is 0.574. The Morgan fingerprint density at radius 3 is 2.25 bits per heavy atom. The van der Waals surface area contributed by atoms with E-state index in [9.17, 15) is 0 Å². The van der Waals surface area contributed by atoms with Crippen LogP contribution in [0.2, 0.25) is 0 Å². The first kappa shape index (κ1) is 15.1. The molecule has 0 bridgehead atoms. The van der Waals surface area contributed by atoms with Gasteiger partial charge >= 0.3 is 0 Å². The second kappa shape index (κ2) is 8.83. The summed E-state index contributed by atoms with van der Waals surface area (Å²) in [6, 6.07) is 22.0. The van der Waals surface area contributed by atoms with Crippen LogP contribution in [0, 0.1) is 0 Å². The zero-order chi connectivity index (χ0) is 14.0. The summed E-state index contributed by atoms with van der Waals surface area (Å²) in [5.41, 5.74) is 1.43. The molecule has 20 heavy (non-hydrogen) atoms. The Morgan fingerprint density at radius 2 is 1.60 bits per heavy atom. The van der Waals surface area contributed by atoms with Gasteiger partial charge in [-0.05, 0) is 37.1 Å². The molecule has 0 radical (unpaired) electrons. The molecule has 0 fully saturated rings. The highest BCUT2D eigenvalue weighted by atomic mass is 32.2. The van der Waals surface area contributed by atoms with Crippen molar-refractivity contribution in [3.8, 4) is 0 Å². The molecule has 106 valence electrons. The monoisotopic (exact) mass is 285 g/mol. The van der Waals surface area contributed by atoms with Gasteiger partial charge in [-0.25, -0.2) is 0 Å². The fourth-order valence-electron chi connectivity index (χ4n) is 2.23. The molecule has 0 aromatic heterocycles. The van der Waals surface area contributed by atoms with Crippen LogP contribution in [0.5, 0.6) is 0 Å². The van der Waals surface area contributed by atoms with Crippen molar-refractivity contribution in [2.75, 3.05) is 12.3 Å². The minimum atomic E-state index is 0.574. The van der Waals surface area contributed by atoms with E-state index in [1.54, 1.807) is 0 Å². The van der Waals surface area contributed by atoms with Gasteiger partial charge in [0.25, 0.3) is 0 Å². The van der Waals surface area contributed by atoms with Crippen molar-refractivity contribution in [3.63, 3.8) is 0 Å². The van der Waals surface area contributed by atoms with Crippen molar-refractivity contribution in [2.24, 2.45) is 0 Å². The van der Waals surface area contributed by atoms with Crippen LogP contribution in [0.25, 0.3) is 0 Å². The average molecular weight is 285 g/mol. The Labute approximate surface area is 126 Å². The third kappa shape index (κ3) is 5.40. The molecule has 1 N–H and O–H groups in total. The lowest BCUT2D eigenvalue weighted by Gasteiger charge is -2.17. The van der Waals surface area contributed by atoms with Gasteiger partial charge in [0.1, 0.15) is 0 Å². The van der Waals surface area contributed by atoms with E-state index < -0.39 is 0 Å². The van der Waals surface area contributed by atoms with Crippen LogP contribution in [-0.2, 0) is 6.42 Å². The average Bonchev–Trinajstić information content (AvgIpc) is 2.52. The summed E-state index contributed by atoms with van der Waals surface area (Å²) in [6.45, 7) is 3.22. The smallest absolute Gasteiger partial charge is 0.0164 e. The zero-order valence-electron chi connectivity index (χ0n) is 12.1. The summed E-state index contributed by atoms with van der Waals surface area (Å²) >= 11 is 1.94. The van der Waals surface area contributed by atoms with Crippen molar-refractivity contribution in [1.29, 1.82) is 0 Å². The molecule has 0 aliphatic rings. The van der Waals surface area contributed by atoms with Gasteiger partial charge < -0.3 is 5.32 Å². The van der Waals surface area contributed by atoms with Crippen molar-refractivity contribution >= 4 is 11.8 Å². The molecule has 2 rings (SSSR count). The van der Waals surface area contributed by atoms with E-state index in [0.717, 1.165) is 18.7 Å². The third-order valence-electron chi connectivity index (χ3n) is 3.31. The van der Waals surface area contributed by atoms with Gasteiger partial charge in [0, 0.05) is 16.7 Å². The van der Waals surface area contributed by atoms with Gasteiger partial charge in [-0.2, -0.15) is 0 Å². The first-order chi connectivity index (χ1) is 9.88. The van der Waals surface area contributed by atoms with Gasteiger partial charge in [0.15, 0.2) is 0 Å². The van der Waals surface area contributed by atoms with Gasteiger partial charge in [0.2, 0.25) is 0 Å². The summed E-state index contributed by atoms with van der Waals surface area (Å²) in [4.78, 5) is 1.36. The first-order valence-electron chi connectivity index (χ1n) is 7.33. The summed E-state index contributed by atoms with van der Waals surface area (Å²) in [5.74, 6) is 1.13. The maximum Gasteiger partial charge on any atom is 0.0164 e. The standard InChI is InChI=1S/C18H23NS/c1-2-19-17(14-13-16-9-5-3-6-10-16)15-20-18-11-7-4-8-12-18/h3-12,17,19H,2,13-15H2,1H3. The number of hydrogen-bond donors (Lipinski definition) is 1. The van der Waals surface area contributed by atoms with E-state index in [2.05, 4.69) is 72.9 Å². The minimum Gasteiger partial charge on any atom is -0.313 e. The zero-order valence-corrected chi connectivity index (χ0v) is 12.9. The van der Waals surface area contributed by atoms with Crippen molar-refractivity contribution < 1.29 is 0 Å². The Morgan fingerprint density at radius 1 is 0.950 bits per heavy atom. The summed E-state index contributed by atoms with van der Waals surface area (Å²) in [5, 5.41) is 3.60. The lowest BCUT2D eigenvalue weighted by Crippen LogP contribution is -2.31. The predicted octanol–water partition coefficient (Wildman–Crippen LogP) is 4.39. The lowest BCUT2D eigenvalue weighted by molar-refractivity contribution is 0.537. The molecular formula is C18H23NS. The largest absolute Gasteiger partial charge is 0.313 e. The molecule has 0 saturated carbocycles. The number of thioether (sulfide) groups is 1. The van der Waals surface area contributed by atoms with Crippen LogP contribution < -0.4 is 5.32 Å². The highest BCUT2D eigenvalue weighted by molar-refractivity contribution is 7.99. The number of hydrogen-bond acceptors (Lipinski definition) is 2. The predicted molar refractivity (Wildman–Crippen MR) is 89.4 cm³/mol. The van der Waals surface area contributed by atoms with Gasteiger partial charge in [-0.1, -0.05) is 55.5 Å². The Balaban J connectivity index is 1.81. The molecular weight excluding hydrogens is 262 g/mol. The van der Waals surface area contributed by atoms with Gasteiger partial charge in [0.05, 0.1) is 0 Å². The van der Waals surface area contributed by atoms with E-state index >= 15 is 0 Å². The molecule has 0 spiro atoms. The van der Waals surface area contributed by atoms with Crippen LogP contribution >= 0.6 is 11.8 Å². The van der Waals surface area contributed by atoms with Crippen molar-refractivity contribution in [3.05, 3.63) is 66.2 Å². The van der Waals surface area contributed by atoms with E-state index in [-0.39, 0.29) is 0 Å². The third-order valence-corrected chi connectivity index (χ3v) is 4.49. The molecule has 2 heteroatoms. The number of rotatable bonds is 8. The second-order valence-electron chi connectivity index (χ2n) is 4.90. The molecule has 2 aromatic carbocycles. The Kier molecular flexibility index (Phi) is 6.69. The molecule has 0 heterocycles. The second-order valence-corrected chi connectivity index (χ2v) is 6.00. The molecule has 1 nitrogen and oxygen atoms in total. The fraction of sp³-hybridized carbons (Fsp3) is 0.333. The van der Waals surface area contributed by atoms with Crippen LogP contribution in [-0.4, -0.2) is 18.3 Å². The molecule has 1 atom stereocenters. The molecule has 0 aliphatic carbocycles. The van der Waals surface area contributed by atoms with E-state index in [1.165, 1.54) is 16.9 Å². The van der Waals surface area contributed by atoms with E-state index in [4.69, 9.17) is 0 Å². The molecule has 0 aliphatic heterocycles. The van der Waals surface area contributed by atoms with Crippen LogP contribution in [0.15, 0.2) is 65.6 Å². The molecule has 0 amide bonds. The normalized spacial score (nSPS) is 12.2. The van der Waals surface area contributed by atoms with Crippen LogP contribution in [0.3, 0.4) is 0 Å². The SMILES string of the molecule is CCNC(CCc1ccccc1)CSc1ccccc1. The fourth-order valence-corrected chi connectivity index (χ4v) is 3.26. The Bertz CT molecular complexity index is 426. The van der Waals surface area contributed by atoms with Gasteiger partial charge in [-0.3, -0.25) is 0 Å². The summed E-state index contributed by atoms with van der Waals surface area (Å²) in [7, 11) is 0. The van der Waals surface area contributed by atoms with Crippen molar-refractivity contribution in [1.82, 2.24) is 5.32 Å². The lowest BCUT2D eigenvalue weighted by atomic mass is 10.1. The molecule has 0 saturated heterocycles. The highest BCUT2D eigenvalue weighted by Gasteiger charge is 2.08. The van der Waals surface area contributed by atoms with E-state index in [1.807, 2.05) is 11.8 Å². The maximum atomic E-state index is 3.60. The number of benzene rings is 2. The summed E-state index contributed by atoms with van der Waals surface area (Å²) in [6.07, 6.45) is 2.34. The van der Waals surface area contributed by atoms with Crippen molar-refractivity contribution in [2.45, 2.75) is 30.7 Å². The maximum absolute atomic E-state index is 3.60.